The van der Waals surface area contributed by atoms with Gasteiger partial charge >= 0.3 is 7.60 Å². The zero-order valence-electron chi connectivity index (χ0n) is 14.2. The Balaban J connectivity index is 4.58. The molecule has 0 saturated carbocycles. The van der Waals surface area contributed by atoms with Crippen LogP contribution in [0.15, 0.2) is 0 Å². The summed E-state index contributed by atoms with van der Waals surface area (Å²) in [4.78, 5) is 0. The summed E-state index contributed by atoms with van der Waals surface area (Å²) < 4.78 is 24.5. The van der Waals surface area contributed by atoms with E-state index in [1.165, 1.54) is 0 Å². The summed E-state index contributed by atoms with van der Waals surface area (Å²) in [6.07, 6.45) is 7.88. The Morgan fingerprint density at radius 1 is 0.950 bits per heavy atom. The van der Waals surface area contributed by atoms with Gasteiger partial charge in [-0.05, 0) is 25.2 Å². The van der Waals surface area contributed by atoms with E-state index < -0.39 is 7.60 Å². The first kappa shape index (κ1) is 20.1. The number of hydrogen-bond acceptors (Lipinski definition) is 3. The Labute approximate surface area is 126 Å². The average molecular weight is 306 g/mol. The van der Waals surface area contributed by atoms with Gasteiger partial charge in [0.15, 0.2) is 0 Å². The molecule has 2 atom stereocenters. The summed E-state index contributed by atoms with van der Waals surface area (Å²) in [6.45, 7) is 11.1. The number of hydrogen-bond donors (Lipinski definition) is 0. The van der Waals surface area contributed by atoms with E-state index in [1.807, 2.05) is 0 Å². The van der Waals surface area contributed by atoms with Crippen LogP contribution >= 0.6 is 7.60 Å². The molecule has 0 amide bonds. The predicted molar refractivity (Wildman–Crippen MR) is 87.5 cm³/mol. The Bertz CT molecular complexity index is 266. The molecular weight excluding hydrogens is 271 g/mol. The van der Waals surface area contributed by atoms with Crippen LogP contribution < -0.4 is 0 Å². The largest absolute Gasteiger partial charge is 0.330 e. The second-order valence-electron chi connectivity index (χ2n) is 6.04. The van der Waals surface area contributed by atoms with Crippen molar-refractivity contribution < 1.29 is 13.6 Å². The lowest BCUT2D eigenvalue weighted by molar-refractivity contribution is 0.123. The van der Waals surface area contributed by atoms with E-state index in [4.69, 9.17) is 9.05 Å². The Morgan fingerprint density at radius 2 is 1.60 bits per heavy atom. The summed E-state index contributed by atoms with van der Waals surface area (Å²) in [6, 6.07) is 0. The van der Waals surface area contributed by atoms with Gasteiger partial charge in [-0.15, -0.1) is 0 Å². The molecule has 4 heteroatoms. The first-order valence-electron chi connectivity index (χ1n) is 8.39. The molecule has 0 rings (SSSR count). The molecule has 2 unspecified atom stereocenters. The van der Waals surface area contributed by atoms with Crippen LogP contribution in [0.1, 0.15) is 79.6 Å². The molecule has 0 heterocycles. The van der Waals surface area contributed by atoms with Gasteiger partial charge < -0.3 is 9.05 Å². The van der Waals surface area contributed by atoms with Crippen LogP contribution in [-0.2, 0) is 13.6 Å². The van der Waals surface area contributed by atoms with Crippen LogP contribution in [-0.4, -0.2) is 18.9 Å². The van der Waals surface area contributed by atoms with E-state index in [9.17, 15) is 4.57 Å². The third-order valence-corrected chi connectivity index (χ3v) is 5.22. The predicted octanol–water partition coefficient (Wildman–Crippen LogP) is 6.03. The van der Waals surface area contributed by atoms with E-state index in [0.29, 0.717) is 18.7 Å². The zero-order valence-corrected chi connectivity index (χ0v) is 15.1. The van der Waals surface area contributed by atoms with Crippen molar-refractivity contribution in [2.45, 2.75) is 85.7 Å². The molecule has 0 fully saturated rings. The van der Waals surface area contributed by atoms with Crippen LogP contribution in [0.3, 0.4) is 0 Å². The molecular formula is C16H35O3P. The summed E-state index contributed by atoms with van der Waals surface area (Å²) in [5.74, 6) is 0.383. The fourth-order valence-electron chi connectivity index (χ4n) is 1.99. The van der Waals surface area contributed by atoms with Crippen molar-refractivity contribution in [1.29, 1.82) is 0 Å². The van der Waals surface area contributed by atoms with Gasteiger partial charge in [0, 0.05) is 0 Å². The monoisotopic (exact) mass is 306 g/mol. The van der Waals surface area contributed by atoms with E-state index in [-0.39, 0.29) is 6.10 Å². The minimum Gasteiger partial charge on any atom is -0.308 e. The highest BCUT2D eigenvalue weighted by Crippen LogP contribution is 2.51. The smallest absolute Gasteiger partial charge is 0.308 e. The van der Waals surface area contributed by atoms with Gasteiger partial charge in [0.25, 0.3) is 0 Å². The summed E-state index contributed by atoms with van der Waals surface area (Å²) >= 11 is 0. The second kappa shape index (κ2) is 11.8. The van der Waals surface area contributed by atoms with Gasteiger partial charge in [-0.3, -0.25) is 4.57 Å². The molecule has 0 aliphatic heterocycles. The first-order chi connectivity index (χ1) is 9.47. The summed E-state index contributed by atoms with van der Waals surface area (Å²) in [5, 5.41) is 0. The molecule has 0 spiro atoms. The molecule has 0 aromatic heterocycles. The van der Waals surface area contributed by atoms with Gasteiger partial charge in [-0.1, -0.05) is 60.3 Å². The lowest BCUT2D eigenvalue weighted by Gasteiger charge is -2.25. The lowest BCUT2D eigenvalue weighted by Crippen LogP contribution is -2.15. The highest BCUT2D eigenvalue weighted by atomic mass is 31.2. The molecule has 0 aromatic carbocycles. The third kappa shape index (κ3) is 9.96. The van der Waals surface area contributed by atoms with Gasteiger partial charge in [0.1, 0.15) is 0 Å². The molecule has 0 aliphatic rings. The minimum atomic E-state index is -2.92. The van der Waals surface area contributed by atoms with Crippen molar-refractivity contribution in [2.24, 2.45) is 5.92 Å². The number of rotatable bonds is 13. The van der Waals surface area contributed by atoms with Crippen molar-refractivity contribution in [1.82, 2.24) is 0 Å². The highest BCUT2D eigenvalue weighted by molar-refractivity contribution is 7.53. The maximum Gasteiger partial charge on any atom is 0.330 e. The van der Waals surface area contributed by atoms with Gasteiger partial charge in [-0.2, -0.15) is 0 Å². The van der Waals surface area contributed by atoms with Crippen LogP contribution in [0.5, 0.6) is 0 Å². The lowest BCUT2D eigenvalue weighted by atomic mass is 10.1. The Morgan fingerprint density at radius 3 is 2.10 bits per heavy atom. The zero-order chi connectivity index (χ0) is 15.4. The van der Waals surface area contributed by atoms with Crippen LogP contribution in [0.25, 0.3) is 0 Å². The molecule has 0 N–H and O–H groups in total. The van der Waals surface area contributed by atoms with Crippen molar-refractivity contribution in [2.75, 3.05) is 12.8 Å². The second-order valence-corrected chi connectivity index (χ2v) is 8.17. The van der Waals surface area contributed by atoms with E-state index in [1.54, 1.807) is 0 Å². The highest BCUT2D eigenvalue weighted by Gasteiger charge is 2.28. The maximum absolute atomic E-state index is 12.9. The SMILES string of the molecule is CCCCC(CCC)OP(=O)(CCCC)OCC(C)C. The molecule has 0 bridgehead atoms. The first-order valence-corrected chi connectivity index (χ1v) is 10.1. The minimum absolute atomic E-state index is 0.0924. The molecule has 0 aromatic rings. The normalized spacial score (nSPS) is 16.3. The fourth-order valence-corrected chi connectivity index (χ4v) is 4.18. The molecule has 0 aliphatic carbocycles. The maximum atomic E-state index is 12.9. The Kier molecular flexibility index (Phi) is 11.9. The molecule has 122 valence electrons. The van der Waals surface area contributed by atoms with Crippen LogP contribution in [0.2, 0.25) is 0 Å². The fraction of sp³-hybridized carbons (Fsp3) is 1.00. The van der Waals surface area contributed by atoms with E-state index in [0.717, 1.165) is 44.9 Å². The van der Waals surface area contributed by atoms with Gasteiger partial charge in [0.2, 0.25) is 0 Å². The summed E-state index contributed by atoms with van der Waals surface area (Å²) in [5.41, 5.74) is 0. The van der Waals surface area contributed by atoms with Crippen molar-refractivity contribution >= 4 is 7.60 Å². The molecule has 0 radical (unpaired) electrons. The van der Waals surface area contributed by atoms with Crippen molar-refractivity contribution in [3.8, 4) is 0 Å². The third-order valence-electron chi connectivity index (χ3n) is 3.19. The van der Waals surface area contributed by atoms with Gasteiger partial charge in [0.05, 0.1) is 18.9 Å². The number of unbranched alkanes of at least 4 members (excludes halogenated alkanes) is 2. The van der Waals surface area contributed by atoms with E-state index in [2.05, 4.69) is 34.6 Å². The summed E-state index contributed by atoms with van der Waals surface area (Å²) in [7, 11) is -2.92. The quantitative estimate of drug-likeness (QED) is 0.390. The van der Waals surface area contributed by atoms with E-state index >= 15 is 0 Å². The topological polar surface area (TPSA) is 35.5 Å². The van der Waals surface area contributed by atoms with Gasteiger partial charge in [-0.25, -0.2) is 0 Å². The van der Waals surface area contributed by atoms with Crippen LogP contribution in [0, 0.1) is 5.92 Å². The standard InChI is InChI=1S/C16H35O3P/c1-6-9-12-16(11-8-3)19-20(17,13-10-7-2)18-14-15(4)5/h15-16H,6-14H2,1-5H3. The average Bonchev–Trinajstić information content (AvgIpc) is 2.41. The van der Waals surface area contributed by atoms with Crippen molar-refractivity contribution in [3.05, 3.63) is 0 Å². The molecule has 3 nitrogen and oxygen atoms in total. The van der Waals surface area contributed by atoms with Crippen molar-refractivity contribution in [3.63, 3.8) is 0 Å². The van der Waals surface area contributed by atoms with Crippen LogP contribution in [0.4, 0.5) is 0 Å². The molecule has 0 saturated heterocycles. The Hall–Kier alpha value is 0.150. The molecule has 20 heavy (non-hydrogen) atoms.